The second-order valence-corrected chi connectivity index (χ2v) is 6.60. The average Bonchev–Trinajstić information content (AvgIpc) is 3.03. The van der Waals surface area contributed by atoms with Crippen molar-refractivity contribution >= 4 is 6.03 Å². The van der Waals surface area contributed by atoms with Crippen molar-refractivity contribution in [1.82, 2.24) is 20.0 Å². The van der Waals surface area contributed by atoms with E-state index in [1.54, 1.807) is 13.3 Å². The summed E-state index contributed by atoms with van der Waals surface area (Å²) in [5.41, 5.74) is 2.51. The number of aromatic nitrogens is 2. The van der Waals surface area contributed by atoms with Gasteiger partial charge in [-0.3, -0.25) is 4.68 Å². The zero-order chi connectivity index (χ0) is 17.6. The first-order valence-corrected chi connectivity index (χ1v) is 8.82. The molecule has 134 valence electrons. The molecule has 1 aromatic heterocycles. The topological polar surface area (TPSA) is 59.4 Å². The highest BCUT2D eigenvalue weighted by molar-refractivity contribution is 5.74. The lowest BCUT2D eigenvalue weighted by atomic mass is 10.0. The van der Waals surface area contributed by atoms with E-state index in [-0.39, 0.29) is 6.03 Å². The summed E-state index contributed by atoms with van der Waals surface area (Å²) in [6.07, 6.45) is 5.41. The number of carbonyl (C=O) groups is 1. The Hall–Kier alpha value is -2.50. The first-order valence-electron chi connectivity index (χ1n) is 8.82. The molecule has 0 unspecified atom stereocenters. The normalized spacial score (nSPS) is 15.2. The number of urea groups is 1. The van der Waals surface area contributed by atoms with Gasteiger partial charge < -0.3 is 15.0 Å². The van der Waals surface area contributed by atoms with Gasteiger partial charge in [-0.05, 0) is 42.0 Å². The third-order valence-corrected chi connectivity index (χ3v) is 4.68. The predicted octanol–water partition coefficient (Wildman–Crippen LogP) is 2.34. The smallest absolute Gasteiger partial charge is 0.317 e. The standard InChI is InChI=1S/C19H26N4O2/c1-15(14-23-10-4-9-21-23)13-20-19(24)22-11-7-16-5-3-6-18(25-2)17(16)8-12-22/h3-6,9-10,15H,7-8,11-14H2,1-2H3,(H,20,24)/t15-/m0/s1. The highest BCUT2D eigenvalue weighted by Gasteiger charge is 2.20. The Morgan fingerprint density at radius 1 is 1.32 bits per heavy atom. The Kier molecular flexibility index (Phi) is 5.58. The monoisotopic (exact) mass is 342 g/mol. The van der Waals surface area contributed by atoms with Gasteiger partial charge in [-0.15, -0.1) is 0 Å². The van der Waals surface area contributed by atoms with Gasteiger partial charge in [0, 0.05) is 38.6 Å². The third kappa shape index (κ3) is 4.32. The van der Waals surface area contributed by atoms with Crippen LogP contribution in [0.3, 0.4) is 0 Å². The summed E-state index contributed by atoms with van der Waals surface area (Å²) in [6.45, 7) is 5.01. The largest absolute Gasteiger partial charge is 0.496 e. The molecule has 6 heteroatoms. The molecule has 0 radical (unpaired) electrons. The number of nitrogens with zero attached hydrogens (tertiary/aromatic N) is 3. The van der Waals surface area contributed by atoms with Crippen LogP contribution < -0.4 is 10.1 Å². The van der Waals surface area contributed by atoms with Gasteiger partial charge in [0.15, 0.2) is 0 Å². The number of methoxy groups -OCH3 is 1. The van der Waals surface area contributed by atoms with Crippen molar-refractivity contribution in [2.75, 3.05) is 26.7 Å². The van der Waals surface area contributed by atoms with Gasteiger partial charge >= 0.3 is 6.03 Å². The highest BCUT2D eigenvalue weighted by atomic mass is 16.5. The van der Waals surface area contributed by atoms with Crippen LogP contribution >= 0.6 is 0 Å². The van der Waals surface area contributed by atoms with E-state index >= 15 is 0 Å². The molecule has 2 aromatic rings. The second-order valence-electron chi connectivity index (χ2n) is 6.60. The highest BCUT2D eigenvalue weighted by Crippen LogP contribution is 2.25. The molecule has 2 heterocycles. The molecule has 2 amide bonds. The lowest BCUT2D eigenvalue weighted by molar-refractivity contribution is 0.198. The molecule has 0 aliphatic carbocycles. The molecule has 1 aliphatic heterocycles. The van der Waals surface area contributed by atoms with E-state index < -0.39 is 0 Å². The number of amides is 2. The Bertz CT molecular complexity index is 699. The Balaban J connectivity index is 1.52. The van der Waals surface area contributed by atoms with E-state index in [1.165, 1.54) is 11.1 Å². The summed E-state index contributed by atoms with van der Waals surface area (Å²) in [5.74, 6) is 1.25. The first-order chi connectivity index (χ1) is 12.2. The number of carbonyl (C=O) groups excluding carboxylic acids is 1. The van der Waals surface area contributed by atoms with Gasteiger partial charge in [0.25, 0.3) is 0 Å². The molecule has 6 nitrogen and oxygen atoms in total. The molecule has 0 spiro atoms. The fourth-order valence-corrected chi connectivity index (χ4v) is 3.30. The van der Waals surface area contributed by atoms with Crippen molar-refractivity contribution in [3.63, 3.8) is 0 Å². The van der Waals surface area contributed by atoms with Gasteiger partial charge in [-0.1, -0.05) is 19.1 Å². The molecule has 1 atom stereocenters. The lowest BCUT2D eigenvalue weighted by Gasteiger charge is -2.22. The quantitative estimate of drug-likeness (QED) is 0.907. The number of ether oxygens (including phenoxy) is 1. The average molecular weight is 342 g/mol. The van der Waals surface area contributed by atoms with E-state index in [2.05, 4.69) is 23.4 Å². The minimum absolute atomic E-state index is 0.0130. The Morgan fingerprint density at radius 3 is 2.92 bits per heavy atom. The third-order valence-electron chi connectivity index (χ3n) is 4.68. The van der Waals surface area contributed by atoms with E-state index in [9.17, 15) is 4.79 Å². The molecule has 0 saturated heterocycles. The van der Waals surface area contributed by atoms with Crippen molar-refractivity contribution < 1.29 is 9.53 Å². The van der Waals surface area contributed by atoms with Gasteiger partial charge in [0.05, 0.1) is 7.11 Å². The summed E-state index contributed by atoms with van der Waals surface area (Å²) in [7, 11) is 1.70. The van der Waals surface area contributed by atoms with E-state index in [4.69, 9.17) is 4.74 Å². The van der Waals surface area contributed by atoms with Crippen LogP contribution in [-0.4, -0.2) is 47.5 Å². The molecule has 25 heavy (non-hydrogen) atoms. The fourth-order valence-electron chi connectivity index (χ4n) is 3.30. The van der Waals surface area contributed by atoms with Gasteiger partial charge in [-0.25, -0.2) is 4.79 Å². The summed E-state index contributed by atoms with van der Waals surface area (Å²) in [6, 6.07) is 8.06. The SMILES string of the molecule is COc1cccc2c1CCN(C(=O)NC[C@H](C)Cn1cccn1)CC2. The van der Waals surface area contributed by atoms with Crippen LogP contribution in [0.25, 0.3) is 0 Å². The number of hydrogen-bond donors (Lipinski definition) is 1. The van der Waals surface area contributed by atoms with Crippen molar-refractivity contribution in [3.05, 3.63) is 47.8 Å². The summed E-state index contributed by atoms with van der Waals surface area (Å²) in [4.78, 5) is 14.4. The van der Waals surface area contributed by atoms with Crippen LogP contribution in [0.1, 0.15) is 18.1 Å². The fraction of sp³-hybridized carbons (Fsp3) is 0.474. The molecule has 1 N–H and O–H groups in total. The second kappa shape index (κ2) is 8.05. The van der Waals surface area contributed by atoms with E-state index in [0.717, 1.165) is 31.7 Å². The maximum Gasteiger partial charge on any atom is 0.317 e. The molecule has 0 saturated carbocycles. The van der Waals surface area contributed by atoms with Crippen LogP contribution in [0.5, 0.6) is 5.75 Å². The van der Waals surface area contributed by atoms with Gasteiger partial charge in [-0.2, -0.15) is 5.10 Å². The number of hydrogen-bond acceptors (Lipinski definition) is 3. The minimum atomic E-state index is 0.0130. The van der Waals surface area contributed by atoms with E-state index in [0.29, 0.717) is 19.0 Å². The summed E-state index contributed by atoms with van der Waals surface area (Å²) in [5, 5.41) is 7.27. The molecule has 0 fully saturated rings. The maximum absolute atomic E-state index is 12.5. The first kappa shape index (κ1) is 17.3. The van der Waals surface area contributed by atoms with E-state index in [1.807, 2.05) is 34.0 Å². The summed E-state index contributed by atoms with van der Waals surface area (Å²) < 4.78 is 7.36. The van der Waals surface area contributed by atoms with Gasteiger partial charge in [0.1, 0.15) is 5.75 Å². The minimum Gasteiger partial charge on any atom is -0.496 e. The van der Waals surface area contributed by atoms with Gasteiger partial charge in [0.2, 0.25) is 0 Å². The molecule has 0 bridgehead atoms. The molecule has 1 aliphatic rings. The Morgan fingerprint density at radius 2 is 2.16 bits per heavy atom. The van der Waals surface area contributed by atoms with Crippen molar-refractivity contribution in [3.8, 4) is 5.75 Å². The number of rotatable bonds is 5. The molecule has 3 rings (SSSR count). The van der Waals surface area contributed by atoms with Crippen molar-refractivity contribution in [1.29, 1.82) is 0 Å². The molecular formula is C19H26N4O2. The van der Waals surface area contributed by atoms with Crippen molar-refractivity contribution in [2.45, 2.75) is 26.3 Å². The van der Waals surface area contributed by atoms with Crippen LogP contribution in [0, 0.1) is 5.92 Å². The lowest BCUT2D eigenvalue weighted by Crippen LogP contribution is -2.43. The predicted molar refractivity (Wildman–Crippen MR) is 96.8 cm³/mol. The van der Waals surface area contributed by atoms with Crippen LogP contribution in [0.4, 0.5) is 4.79 Å². The van der Waals surface area contributed by atoms with Crippen LogP contribution in [-0.2, 0) is 19.4 Å². The van der Waals surface area contributed by atoms with Crippen LogP contribution in [0.15, 0.2) is 36.7 Å². The zero-order valence-corrected chi connectivity index (χ0v) is 14.9. The zero-order valence-electron chi connectivity index (χ0n) is 14.9. The Labute approximate surface area is 148 Å². The van der Waals surface area contributed by atoms with Crippen molar-refractivity contribution in [2.24, 2.45) is 5.92 Å². The molecular weight excluding hydrogens is 316 g/mol. The molecule has 1 aromatic carbocycles. The number of fused-ring (bicyclic) bond motifs is 1. The maximum atomic E-state index is 12.5. The number of nitrogens with one attached hydrogen (secondary N) is 1. The number of benzene rings is 1. The van der Waals surface area contributed by atoms with Crippen LogP contribution in [0.2, 0.25) is 0 Å². The summed E-state index contributed by atoms with van der Waals surface area (Å²) >= 11 is 0.